The Hall–Kier alpha value is -4.56. The van der Waals surface area contributed by atoms with Crippen molar-refractivity contribution in [1.82, 2.24) is 26.7 Å². The van der Waals surface area contributed by atoms with Gasteiger partial charge in [-0.3, -0.25) is 34.2 Å². The number of carboxylic acid groups (broad SMARTS) is 3. The van der Waals surface area contributed by atoms with Crippen molar-refractivity contribution in [3.8, 4) is 0 Å². The zero-order valence-corrected chi connectivity index (χ0v) is 25.3. The van der Waals surface area contributed by atoms with E-state index >= 15 is 0 Å². The number of benzene rings is 1. The normalized spacial score (nSPS) is 12.4. The molecule has 10 N–H and O–H groups in total. The van der Waals surface area contributed by atoms with Crippen LogP contribution in [0.5, 0.6) is 0 Å². The molecule has 0 heterocycles. The number of amides is 5. The first-order valence-electron chi connectivity index (χ1n) is 13.0. The summed E-state index contributed by atoms with van der Waals surface area (Å²) in [6.45, 7) is 0.236. The number of hydrazine groups is 1. The highest BCUT2D eigenvalue weighted by Crippen LogP contribution is 2.22. The number of nitrogens with two attached hydrogens (primary N) is 1. The van der Waals surface area contributed by atoms with Crippen LogP contribution in [0, 0.1) is 0 Å². The Morgan fingerprint density at radius 1 is 0.844 bits per heavy atom. The highest BCUT2D eigenvalue weighted by molar-refractivity contribution is 8.76. The molecule has 0 spiro atoms. The number of rotatable bonds is 22. The number of carbonyl (C=O) groups excluding carboxylic acids is 5. The molecule has 1 aromatic rings. The fourth-order valence-electron chi connectivity index (χ4n) is 3.39. The average molecular weight is 675 g/mol. The summed E-state index contributed by atoms with van der Waals surface area (Å²) in [5.41, 5.74) is 3.06. The smallest absolute Gasteiger partial charge is 0.421 e. The van der Waals surface area contributed by atoms with Gasteiger partial charge in [0.05, 0.1) is 12.8 Å². The van der Waals surface area contributed by atoms with Crippen LogP contribution in [0.1, 0.15) is 30.4 Å². The Bertz CT molecular complexity index is 1200. The van der Waals surface area contributed by atoms with E-state index in [1.165, 1.54) is 0 Å². The lowest BCUT2D eigenvalue weighted by molar-refractivity contribution is -0.143. The van der Waals surface area contributed by atoms with E-state index in [1.54, 1.807) is 29.7 Å². The van der Waals surface area contributed by atoms with Gasteiger partial charge in [0.25, 0.3) is 0 Å². The van der Waals surface area contributed by atoms with Crippen LogP contribution >= 0.6 is 21.6 Å². The zero-order chi connectivity index (χ0) is 33.8. The molecule has 18 nitrogen and oxygen atoms in total. The van der Waals surface area contributed by atoms with E-state index in [4.69, 9.17) is 10.9 Å². The van der Waals surface area contributed by atoms with Crippen LogP contribution in [0.25, 0.3) is 0 Å². The second kappa shape index (κ2) is 21.2. The fourth-order valence-corrected chi connectivity index (χ4v) is 5.37. The van der Waals surface area contributed by atoms with Gasteiger partial charge in [0.2, 0.25) is 24.1 Å². The maximum atomic E-state index is 13.0. The summed E-state index contributed by atoms with van der Waals surface area (Å²) in [6.07, 6.45) is -2.43. The largest absolute Gasteiger partial charge is 0.481 e. The lowest BCUT2D eigenvalue weighted by Gasteiger charge is -2.23. The van der Waals surface area contributed by atoms with Gasteiger partial charge in [-0.15, -0.1) is 0 Å². The van der Waals surface area contributed by atoms with Gasteiger partial charge in [0.15, 0.2) is 0 Å². The molecule has 1 rings (SSSR count). The van der Waals surface area contributed by atoms with Gasteiger partial charge in [-0.25, -0.2) is 15.4 Å². The van der Waals surface area contributed by atoms with Crippen molar-refractivity contribution in [2.24, 2.45) is 5.84 Å². The molecule has 20 heteroatoms. The van der Waals surface area contributed by atoms with E-state index in [2.05, 4.69) is 26.0 Å². The minimum atomic E-state index is -1.77. The maximum absolute atomic E-state index is 13.0. The Kier molecular flexibility index (Phi) is 18.1. The minimum Gasteiger partial charge on any atom is -0.481 e. The van der Waals surface area contributed by atoms with Crippen molar-refractivity contribution < 1.29 is 58.4 Å². The van der Waals surface area contributed by atoms with Gasteiger partial charge in [0, 0.05) is 24.5 Å². The van der Waals surface area contributed by atoms with Crippen molar-refractivity contribution >= 4 is 69.7 Å². The van der Waals surface area contributed by atoms with E-state index in [1.807, 2.05) is 0 Å². The van der Waals surface area contributed by atoms with Crippen LogP contribution in [-0.2, 0) is 51.3 Å². The Balaban J connectivity index is 2.88. The maximum Gasteiger partial charge on any atom is 0.421 e. The van der Waals surface area contributed by atoms with Gasteiger partial charge in [-0.05, 0) is 17.5 Å². The van der Waals surface area contributed by atoms with Crippen LogP contribution in [0.3, 0.4) is 0 Å². The van der Waals surface area contributed by atoms with Gasteiger partial charge in [-0.2, -0.15) is 0 Å². The Morgan fingerprint density at radius 2 is 1.47 bits per heavy atom. The van der Waals surface area contributed by atoms with E-state index in [-0.39, 0.29) is 31.1 Å². The number of aliphatic carboxylic acids is 3. The molecule has 1 aromatic carbocycles. The van der Waals surface area contributed by atoms with Crippen LogP contribution in [0.15, 0.2) is 24.3 Å². The summed E-state index contributed by atoms with van der Waals surface area (Å²) in [5.74, 6) is -2.17. The summed E-state index contributed by atoms with van der Waals surface area (Å²) in [5, 5.41) is 37.1. The van der Waals surface area contributed by atoms with Crippen LogP contribution in [0.4, 0.5) is 4.79 Å². The van der Waals surface area contributed by atoms with E-state index in [9.17, 15) is 48.6 Å². The number of hydrogen-bond acceptors (Lipinski definition) is 12. The number of nitrogens with one attached hydrogen (secondary N) is 5. The number of ether oxygens (including phenoxy) is 1. The van der Waals surface area contributed by atoms with Crippen LogP contribution < -0.4 is 32.5 Å². The SMILES string of the molecule is NNC(=O)OCCSSC[C@H](NC(=O)[C@H](CC(=O)O)NC(=O)[C@H](CCC(=O)O)NC(=O)Cc1ccc(CNC=O)cc1)C(=O)O. The quantitative estimate of drug-likeness (QED) is 0.0166. The standard InChI is InChI=1S/C25H34N6O12S2/c26-31-25(42)43-7-8-44-45-12-18(24(40)41)30-23(39)17(10-21(36)37)29-22(38)16(5-6-20(34)35)28-19(33)9-14-1-3-15(4-2-14)11-27-13-32/h1-4,13,16-18H,5-12,26H2,(H,27,32)(H,28,33)(H,29,38)(H,30,39)(H,31,42)(H,34,35)(H,36,37)(H,40,41)/t16-,17-,18-/m0/s1. The molecule has 0 aliphatic heterocycles. The minimum absolute atomic E-state index is 0.0381. The summed E-state index contributed by atoms with van der Waals surface area (Å²) in [4.78, 5) is 94.2. The van der Waals surface area contributed by atoms with Crippen molar-refractivity contribution in [3.63, 3.8) is 0 Å². The highest BCUT2D eigenvalue weighted by atomic mass is 33.1. The van der Waals surface area contributed by atoms with Gasteiger partial charge < -0.3 is 41.3 Å². The zero-order valence-electron chi connectivity index (χ0n) is 23.7. The predicted octanol–water partition coefficient (Wildman–Crippen LogP) is -1.67. The lowest BCUT2D eigenvalue weighted by Crippen LogP contribution is -2.56. The van der Waals surface area contributed by atoms with Crippen molar-refractivity contribution in [1.29, 1.82) is 0 Å². The molecule has 0 bridgehead atoms. The number of hydrogen-bond donors (Lipinski definition) is 9. The molecule has 5 amide bonds. The summed E-state index contributed by atoms with van der Waals surface area (Å²) in [7, 11) is 2.13. The fraction of sp³-hybridized carbons (Fsp3) is 0.440. The molecular weight excluding hydrogens is 640 g/mol. The van der Waals surface area contributed by atoms with Gasteiger partial charge >= 0.3 is 24.0 Å². The summed E-state index contributed by atoms with van der Waals surface area (Å²) < 4.78 is 4.67. The Morgan fingerprint density at radius 3 is 2.04 bits per heavy atom. The highest BCUT2D eigenvalue weighted by Gasteiger charge is 2.31. The first-order valence-corrected chi connectivity index (χ1v) is 15.5. The Labute approximate surface area is 264 Å². The summed E-state index contributed by atoms with van der Waals surface area (Å²) in [6, 6.07) is 1.83. The van der Waals surface area contributed by atoms with Gasteiger partial charge in [0.1, 0.15) is 24.7 Å². The molecular formula is C25H34N6O12S2. The third-order valence-electron chi connectivity index (χ3n) is 5.54. The molecule has 0 fully saturated rings. The third-order valence-corrected chi connectivity index (χ3v) is 7.92. The second-order valence-corrected chi connectivity index (χ2v) is 11.6. The van der Waals surface area contributed by atoms with E-state index in [0.717, 1.165) is 27.2 Å². The number of carboxylic acids is 3. The van der Waals surface area contributed by atoms with E-state index in [0.29, 0.717) is 12.0 Å². The first kappa shape index (κ1) is 38.5. The molecule has 248 valence electrons. The van der Waals surface area contributed by atoms with Crippen LogP contribution in [-0.4, -0.2) is 99.7 Å². The topological polar surface area (TPSA) is 293 Å². The molecule has 0 aliphatic carbocycles. The molecule has 0 saturated carbocycles. The first-order chi connectivity index (χ1) is 21.4. The molecule has 0 saturated heterocycles. The predicted molar refractivity (Wildman–Crippen MR) is 159 cm³/mol. The van der Waals surface area contributed by atoms with Crippen LogP contribution in [0.2, 0.25) is 0 Å². The molecule has 0 radical (unpaired) electrons. The monoisotopic (exact) mass is 674 g/mol. The van der Waals surface area contributed by atoms with Crippen molar-refractivity contribution in [3.05, 3.63) is 35.4 Å². The third kappa shape index (κ3) is 16.8. The lowest BCUT2D eigenvalue weighted by atomic mass is 10.1. The van der Waals surface area contributed by atoms with Gasteiger partial charge in [-0.1, -0.05) is 45.9 Å². The molecule has 45 heavy (non-hydrogen) atoms. The molecule has 0 unspecified atom stereocenters. The molecule has 3 atom stereocenters. The number of carbonyl (C=O) groups is 8. The average Bonchev–Trinajstić information content (AvgIpc) is 2.98. The molecule has 0 aliphatic rings. The van der Waals surface area contributed by atoms with Crippen molar-refractivity contribution in [2.75, 3.05) is 18.1 Å². The summed E-state index contributed by atoms with van der Waals surface area (Å²) >= 11 is 0. The second-order valence-electron chi connectivity index (χ2n) is 8.99. The van der Waals surface area contributed by atoms with E-state index < -0.39 is 79.1 Å². The molecule has 0 aromatic heterocycles. The van der Waals surface area contributed by atoms with Crippen molar-refractivity contribution in [2.45, 2.75) is 50.4 Å².